The lowest BCUT2D eigenvalue weighted by atomic mass is 9.94. The number of hydrogen-bond acceptors (Lipinski definition) is 25. The average molecular weight is 1930 g/mol. The van der Waals surface area contributed by atoms with Gasteiger partial charge in [0, 0.05) is 118 Å². The van der Waals surface area contributed by atoms with E-state index in [-0.39, 0.29) is 73.5 Å². The number of aromatic nitrogens is 11. The number of ether oxygens (including phenoxy) is 2. The number of aliphatic hydroxyl groups excluding tert-OH is 1. The monoisotopic (exact) mass is 1920 g/mol. The van der Waals surface area contributed by atoms with Crippen LogP contribution < -0.4 is 54.9 Å². The van der Waals surface area contributed by atoms with E-state index in [9.17, 15) is 38.9 Å². The summed E-state index contributed by atoms with van der Waals surface area (Å²) in [5, 5.41) is 35.9. The number of aliphatic hydroxyl groups is 1. The zero-order chi connectivity index (χ0) is 81.5. The smallest absolute Gasteiger partial charge is 0.340 e. The molecule has 107 heavy (non-hydrogen) atoms. The normalized spacial score (nSPS) is 11.3. The maximum atomic E-state index is 11.3. The second-order valence-electron chi connectivity index (χ2n) is 22.2. The highest BCUT2D eigenvalue weighted by molar-refractivity contribution is 9.11. The SMILES string of the molecule is CC(=O)OC(Cl)(Cl)Cl.CCCC[C@@](C)(N)CNC(C)=O.CCCC[C@](C)(CNC(C)=O)Nc1nc(Cl)nc2cc(Br)cnc12.CCO.COc1cc(C)ccc1CN.Clc1nc(Cl)c2ncc(Br)cc2n1.N#Cc1ncc(Br)cc1[N+](=O)[O-].NC(=O)c1ncc(Br)cc1N.O=c1[nH]c(=O)c2ncc(Br)cc2[nH]1. The molecule has 0 bridgehead atoms. The molecular weight excluding hydrogens is 1850 g/mol. The molecule has 0 saturated heterocycles. The fourth-order valence-electron chi connectivity index (χ4n) is 7.88. The number of benzene rings is 1. The van der Waals surface area contributed by atoms with Crippen LogP contribution in [0.5, 0.6) is 5.75 Å². The molecule has 14 N–H and O–H groups in total. The highest BCUT2D eigenvalue weighted by Crippen LogP contribution is 2.29. The Morgan fingerprint density at radius 3 is 1.71 bits per heavy atom. The molecule has 0 unspecified atom stereocenters. The van der Waals surface area contributed by atoms with Gasteiger partial charge in [-0.05, 0) is 214 Å². The number of nitrogens with two attached hydrogens (primary N) is 4. The first-order chi connectivity index (χ1) is 50.0. The van der Waals surface area contributed by atoms with Crippen LogP contribution in [0.1, 0.15) is 121 Å². The van der Waals surface area contributed by atoms with Crippen molar-refractivity contribution in [2.75, 3.05) is 37.9 Å². The molecule has 0 radical (unpaired) electrons. The van der Waals surface area contributed by atoms with E-state index in [1.807, 2.05) is 38.1 Å². The number of hydrogen-bond donors (Lipinski definition) is 10. The lowest BCUT2D eigenvalue weighted by molar-refractivity contribution is -0.385. The van der Waals surface area contributed by atoms with Gasteiger partial charge in [0.15, 0.2) is 22.2 Å². The topological polar surface area (TPSA) is 496 Å². The van der Waals surface area contributed by atoms with Gasteiger partial charge in [-0.3, -0.25) is 44.1 Å². The van der Waals surface area contributed by atoms with E-state index in [2.05, 4.69) is 176 Å². The van der Waals surface area contributed by atoms with Crippen LogP contribution in [-0.2, 0) is 25.7 Å². The van der Waals surface area contributed by atoms with Crippen LogP contribution in [0.2, 0.25) is 15.7 Å². The number of carbonyl (C=O) groups excluding carboxylic acids is 4. The quantitative estimate of drug-likeness (QED) is 0.0107. The number of primary amides is 1. The number of unbranched alkanes of at least 4 members (excludes halogenated alkanes) is 2. The van der Waals surface area contributed by atoms with Crippen molar-refractivity contribution >= 4 is 223 Å². The summed E-state index contributed by atoms with van der Waals surface area (Å²) in [6, 6.07) is 15.7. The predicted octanol–water partition coefficient (Wildman–Crippen LogP) is 13.9. The summed E-state index contributed by atoms with van der Waals surface area (Å²) in [5.41, 5.74) is 25.5. The van der Waals surface area contributed by atoms with Gasteiger partial charge in [-0.1, -0.05) is 63.3 Å². The Morgan fingerprint density at radius 2 is 1.21 bits per heavy atom. The Balaban J connectivity index is 0.000000621. The zero-order valence-corrected chi connectivity index (χ0v) is 71.5. The third-order valence-electron chi connectivity index (χ3n) is 12.7. The fraction of sp³-hybridized carbons (Fsp3) is 0.354. The molecule has 0 aliphatic heterocycles. The molecule has 0 aliphatic rings. The highest BCUT2D eigenvalue weighted by atomic mass is 79.9. The lowest BCUT2D eigenvalue weighted by Crippen LogP contribution is -2.47. The molecule has 42 heteroatoms. The zero-order valence-electron chi connectivity index (χ0n) is 59.0. The minimum atomic E-state index is -1.91. The number of rotatable bonds is 16. The van der Waals surface area contributed by atoms with Crippen LogP contribution in [0.25, 0.3) is 33.1 Å². The summed E-state index contributed by atoms with van der Waals surface area (Å²) in [7, 11) is 1.66. The fourth-order valence-corrected chi connectivity index (χ4v) is 10.5. The standard InChI is InChI=1S/C16H21BrClN5O.C9H20N2O.C9H13NO.C7H2BrCl2N3.C7H4BrN3O2.C6H2BrN3O2.C6H6BrN3O.C3H3Cl3O2.C2H6O/c1-4-5-6-16(3,9-20-10(2)24)23-14-13-12(21-15(18)22-14)7-11(17)8-19-13;1-4-5-6-9(3,10)7-11-8(2)12;1-7-3-4-8(6-10)9(5-7)11-2;8-3-1-4-5(11-2-3)6(9)13-7(10)12-4;8-3-1-4-5(9-2-3)6(12)11-7(13)10-4;7-4-1-6(10(11)12)5(2-8)9-3-4;7-3-1-4(8)5(6(9)11)10-2-3;1-2(7)8-3(4,5)6;1-2-3/h7-8H,4-6,9H2,1-3H3,(H,20,24)(H,21,22,23);4-7,10H2,1-3H3,(H,11,12);3-5H,6,10H2,1-2H3;1-2H;1-2H,(H2,10,11,12,13);1,3H;1-2H,8H2,(H2,9,11);1H3;3H,2H2,1H3/t16-;9-;;;;;;;/m11......./s1. The third kappa shape index (κ3) is 39.6. The lowest BCUT2D eigenvalue weighted by Gasteiger charge is -2.32. The Bertz CT molecular complexity index is 4600. The van der Waals surface area contributed by atoms with Crippen molar-refractivity contribution in [1.82, 2.24) is 65.5 Å². The molecule has 8 aromatic heterocycles. The Labute approximate surface area is 687 Å². The molecular formula is C65H77Br5Cl6N20O11. The Morgan fingerprint density at radius 1 is 0.720 bits per heavy atom. The largest absolute Gasteiger partial charge is 0.496 e. The molecule has 0 spiro atoms. The number of amides is 3. The molecule has 9 aromatic rings. The van der Waals surface area contributed by atoms with Gasteiger partial charge < -0.3 is 58.4 Å². The number of aromatic amines is 2. The van der Waals surface area contributed by atoms with Gasteiger partial charge in [0.25, 0.3) is 11.5 Å². The van der Waals surface area contributed by atoms with Gasteiger partial charge in [-0.25, -0.2) is 39.7 Å². The van der Waals surface area contributed by atoms with Crippen molar-refractivity contribution in [1.29, 1.82) is 5.26 Å². The number of nitrogens with one attached hydrogen (secondary N) is 5. The average Bonchev–Trinajstić information content (AvgIpc) is 0.812. The number of fused-ring (bicyclic) bond motifs is 3. The van der Waals surface area contributed by atoms with Gasteiger partial charge >= 0.3 is 21.3 Å². The van der Waals surface area contributed by atoms with Crippen molar-refractivity contribution in [3.05, 3.63) is 171 Å². The second-order valence-corrected chi connectivity index (χ2v) is 30.0. The van der Waals surface area contributed by atoms with Crippen molar-refractivity contribution in [3.63, 3.8) is 0 Å². The number of nitrogens with zero attached hydrogens (tertiary/aromatic N) is 11. The molecule has 31 nitrogen and oxygen atoms in total. The van der Waals surface area contributed by atoms with Crippen molar-refractivity contribution in [2.24, 2.45) is 17.2 Å². The number of alkyl halides is 3. The van der Waals surface area contributed by atoms with Crippen LogP contribution in [0.3, 0.4) is 0 Å². The summed E-state index contributed by atoms with van der Waals surface area (Å²) >= 11 is 48.5. The van der Waals surface area contributed by atoms with Gasteiger partial charge in [-0.15, -0.1) is 0 Å². The van der Waals surface area contributed by atoms with E-state index in [1.165, 1.54) is 44.1 Å². The van der Waals surface area contributed by atoms with Gasteiger partial charge in [0.05, 0.1) is 39.8 Å². The van der Waals surface area contributed by atoms with Gasteiger partial charge in [-0.2, -0.15) is 10.2 Å². The van der Waals surface area contributed by atoms with E-state index < -0.39 is 32.0 Å². The number of nitro groups is 1. The van der Waals surface area contributed by atoms with Gasteiger partial charge in [0.1, 0.15) is 22.9 Å². The number of halogens is 11. The molecule has 9 rings (SSSR count). The first kappa shape index (κ1) is 97.8. The van der Waals surface area contributed by atoms with Crippen molar-refractivity contribution in [2.45, 2.75) is 122 Å². The summed E-state index contributed by atoms with van der Waals surface area (Å²) in [6.07, 6.45) is 13.8. The number of nitriles is 1. The molecule has 3 amide bonds. The number of esters is 1. The van der Waals surface area contributed by atoms with Crippen LogP contribution in [-0.4, -0.2) is 130 Å². The van der Waals surface area contributed by atoms with E-state index in [0.29, 0.717) is 62.0 Å². The van der Waals surface area contributed by atoms with Crippen LogP contribution in [0, 0.1) is 28.4 Å². The van der Waals surface area contributed by atoms with E-state index in [4.69, 9.17) is 108 Å². The second kappa shape index (κ2) is 49.8. The maximum Gasteiger partial charge on any atom is 0.340 e. The number of anilines is 2. The van der Waals surface area contributed by atoms with Crippen LogP contribution in [0.4, 0.5) is 17.2 Å². The molecule has 2 atom stereocenters. The Hall–Kier alpha value is -7.22. The molecule has 8 heterocycles. The van der Waals surface area contributed by atoms with E-state index in [1.54, 1.807) is 50.7 Å². The highest BCUT2D eigenvalue weighted by Gasteiger charge is 2.27. The van der Waals surface area contributed by atoms with Crippen LogP contribution in [0.15, 0.2) is 111 Å². The summed E-state index contributed by atoms with van der Waals surface area (Å²) < 4.78 is 10.9. The van der Waals surface area contributed by atoms with Crippen LogP contribution >= 0.6 is 149 Å². The number of methoxy groups -OCH3 is 1. The minimum absolute atomic E-state index is 0.0110. The minimum Gasteiger partial charge on any atom is -0.496 e. The number of carbonyl (C=O) groups is 4. The first-order valence-electron chi connectivity index (χ1n) is 31.1. The van der Waals surface area contributed by atoms with Crippen molar-refractivity contribution < 1.29 is 38.7 Å². The maximum absolute atomic E-state index is 11.3. The summed E-state index contributed by atoms with van der Waals surface area (Å²) in [5.74, 6) is 0.143. The van der Waals surface area contributed by atoms with E-state index >= 15 is 0 Å². The summed E-state index contributed by atoms with van der Waals surface area (Å²) in [4.78, 5) is 115. The summed E-state index contributed by atoms with van der Waals surface area (Å²) in [6.45, 7) is 18.0. The number of pyridine rings is 5. The molecule has 580 valence electrons. The van der Waals surface area contributed by atoms with Crippen molar-refractivity contribution in [3.8, 4) is 11.8 Å². The third-order valence-corrected chi connectivity index (χ3v) is 15.7. The molecule has 0 aliphatic carbocycles. The number of nitrogen functional groups attached to an aromatic ring is 1. The molecule has 0 fully saturated rings. The molecule has 0 saturated carbocycles. The Kier molecular flexibility index (Phi) is 45.5. The van der Waals surface area contributed by atoms with E-state index in [0.717, 1.165) is 70.2 Å². The van der Waals surface area contributed by atoms with Gasteiger partial charge in [0.2, 0.25) is 28.1 Å². The first-order valence-corrected chi connectivity index (χ1v) is 37.3. The molecule has 1 aromatic carbocycles. The number of H-pyrrole nitrogens is 2. The number of aryl methyl sites for hydroxylation is 1. The predicted molar refractivity (Wildman–Crippen MR) is 435 cm³/mol.